The van der Waals surface area contributed by atoms with Gasteiger partial charge in [-0.25, -0.2) is 22.8 Å². The van der Waals surface area contributed by atoms with Crippen LogP contribution in [0.4, 0.5) is 4.39 Å². The second-order valence-electron chi connectivity index (χ2n) is 10.3. The molecule has 0 N–H and O–H groups in total. The van der Waals surface area contributed by atoms with Gasteiger partial charge in [0.25, 0.3) is 0 Å². The Morgan fingerprint density at radius 1 is 1.15 bits per heavy atom. The molecule has 8 heteroatoms. The van der Waals surface area contributed by atoms with Gasteiger partial charge in [-0.2, -0.15) is 0 Å². The molecule has 0 aliphatic heterocycles. The number of halogens is 1. The van der Waals surface area contributed by atoms with E-state index in [-0.39, 0.29) is 21.1 Å². The Hall–Kier alpha value is -2.48. The van der Waals surface area contributed by atoms with Gasteiger partial charge in [0.2, 0.25) is 15.7 Å². The number of benzene rings is 1. The van der Waals surface area contributed by atoms with Gasteiger partial charge in [0.05, 0.1) is 27.9 Å². The fourth-order valence-corrected chi connectivity index (χ4v) is 5.84. The quantitative estimate of drug-likeness (QED) is 0.490. The molecule has 178 valence electrons. The van der Waals surface area contributed by atoms with E-state index in [9.17, 15) is 12.8 Å². The number of pyridine rings is 1. The van der Waals surface area contributed by atoms with Crippen LogP contribution in [0.25, 0.3) is 11.0 Å². The second kappa shape index (κ2) is 8.38. The number of aromatic nitrogens is 3. The van der Waals surface area contributed by atoms with Crippen LogP contribution in [0.5, 0.6) is 5.88 Å². The maximum Gasteiger partial charge on any atom is 0.214 e. The smallest absolute Gasteiger partial charge is 0.214 e. The van der Waals surface area contributed by atoms with E-state index in [0.717, 1.165) is 30.7 Å². The number of rotatable bonds is 5. The molecule has 0 spiro atoms. The summed E-state index contributed by atoms with van der Waals surface area (Å²) >= 11 is 0. The minimum Gasteiger partial charge on any atom is -0.481 e. The van der Waals surface area contributed by atoms with E-state index in [2.05, 4.69) is 30.3 Å². The lowest BCUT2D eigenvalue weighted by atomic mass is 9.81. The molecule has 33 heavy (non-hydrogen) atoms. The molecule has 0 radical (unpaired) electrons. The Labute approximate surface area is 195 Å². The second-order valence-corrected chi connectivity index (χ2v) is 12.3. The van der Waals surface area contributed by atoms with Crippen molar-refractivity contribution in [1.29, 1.82) is 0 Å². The number of methoxy groups -OCH3 is 1. The van der Waals surface area contributed by atoms with Crippen molar-refractivity contribution >= 4 is 20.9 Å². The minimum atomic E-state index is -3.75. The summed E-state index contributed by atoms with van der Waals surface area (Å²) in [5, 5.41) is 0. The summed E-state index contributed by atoms with van der Waals surface area (Å²) in [5.74, 6) is 1.53. The monoisotopic (exact) mass is 473 g/mol. The van der Waals surface area contributed by atoms with E-state index in [0.29, 0.717) is 24.3 Å². The van der Waals surface area contributed by atoms with Gasteiger partial charge in [-0.3, -0.25) is 0 Å². The summed E-state index contributed by atoms with van der Waals surface area (Å²) in [6, 6.07) is 7.99. The molecule has 2 aromatic heterocycles. The Bertz CT molecular complexity index is 1270. The SMILES string of the molecule is COc1cc(S(=O)(=O)c2ccc3c(c2)nc(C(C)(C)C)n3CC2CCC(C)(F)CC2)ccn1. The van der Waals surface area contributed by atoms with Crippen molar-refractivity contribution in [3.05, 3.63) is 42.4 Å². The first-order valence-electron chi connectivity index (χ1n) is 11.4. The highest BCUT2D eigenvalue weighted by molar-refractivity contribution is 7.91. The molecule has 4 rings (SSSR count). The predicted molar refractivity (Wildman–Crippen MR) is 126 cm³/mol. The Kier molecular flexibility index (Phi) is 6.01. The van der Waals surface area contributed by atoms with Crippen molar-refractivity contribution in [2.45, 2.75) is 80.8 Å². The lowest BCUT2D eigenvalue weighted by Gasteiger charge is -2.32. The van der Waals surface area contributed by atoms with E-state index >= 15 is 0 Å². The van der Waals surface area contributed by atoms with Crippen molar-refractivity contribution in [3.8, 4) is 5.88 Å². The number of ether oxygens (including phenoxy) is 1. The normalized spacial score (nSPS) is 21.9. The van der Waals surface area contributed by atoms with E-state index in [1.54, 1.807) is 19.1 Å². The van der Waals surface area contributed by atoms with Crippen LogP contribution in [0.15, 0.2) is 46.3 Å². The van der Waals surface area contributed by atoms with Gasteiger partial charge in [0.15, 0.2) is 0 Å². The molecule has 1 aliphatic rings. The summed E-state index contributed by atoms with van der Waals surface area (Å²) in [6.07, 6.45) is 4.25. The molecule has 0 unspecified atom stereocenters. The van der Waals surface area contributed by atoms with Crippen molar-refractivity contribution in [3.63, 3.8) is 0 Å². The topological polar surface area (TPSA) is 74.1 Å². The van der Waals surface area contributed by atoms with Crippen LogP contribution < -0.4 is 4.74 Å². The Morgan fingerprint density at radius 3 is 2.45 bits per heavy atom. The molecule has 6 nitrogen and oxygen atoms in total. The summed E-state index contributed by atoms with van der Waals surface area (Å²) in [6.45, 7) is 8.75. The molecule has 0 bridgehead atoms. The Morgan fingerprint density at radius 2 is 1.82 bits per heavy atom. The van der Waals surface area contributed by atoms with Gasteiger partial charge in [0.1, 0.15) is 11.5 Å². The molecule has 1 aromatic carbocycles. The van der Waals surface area contributed by atoms with Crippen LogP contribution in [0, 0.1) is 5.92 Å². The summed E-state index contributed by atoms with van der Waals surface area (Å²) in [5.41, 5.74) is 0.256. The molecule has 2 heterocycles. The number of fused-ring (bicyclic) bond motifs is 1. The lowest BCUT2D eigenvalue weighted by Crippen LogP contribution is -2.29. The van der Waals surface area contributed by atoms with Gasteiger partial charge < -0.3 is 9.30 Å². The number of sulfone groups is 1. The van der Waals surface area contributed by atoms with E-state index in [1.807, 2.05) is 6.07 Å². The first-order valence-corrected chi connectivity index (χ1v) is 12.8. The van der Waals surface area contributed by atoms with Crippen molar-refractivity contribution in [2.75, 3.05) is 7.11 Å². The van der Waals surface area contributed by atoms with Crippen molar-refractivity contribution in [1.82, 2.24) is 14.5 Å². The van der Waals surface area contributed by atoms with Crippen LogP contribution in [0.3, 0.4) is 0 Å². The van der Waals surface area contributed by atoms with Gasteiger partial charge in [-0.1, -0.05) is 20.8 Å². The maximum absolute atomic E-state index is 14.3. The first-order chi connectivity index (χ1) is 15.4. The zero-order chi connectivity index (χ0) is 24.0. The number of imidazole rings is 1. The van der Waals surface area contributed by atoms with Gasteiger partial charge in [-0.15, -0.1) is 0 Å². The molecular formula is C25H32FN3O3S. The standard InChI is InChI=1S/C25H32FN3O3S/c1-24(2,3)23-28-20-14-18(33(30,31)19-10-13-27-22(15-19)32-5)6-7-21(20)29(23)16-17-8-11-25(4,26)12-9-17/h6-7,10,13-15,17H,8-9,11-12,16H2,1-5H3. The van der Waals surface area contributed by atoms with E-state index in [1.165, 1.54) is 25.4 Å². The average molecular weight is 474 g/mol. The van der Waals surface area contributed by atoms with Crippen LogP contribution >= 0.6 is 0 Å². The molecule has 3 aromatic rings. The zero-order valence-corrected chi connectivity index (χ0v) is 20.7. The third-order valence-electron chi connectivity index (χ3n) is 6.52. The minimum absolute atomic E-state index is 0.126. The zero-order valence-electron chi connectivity index (χ0n) is 19.9. The largest absolute Gasteiger partial charge is 0.481 e. The van der Waals surface area contributed by atoms with Gasteiger partial charge in [-0.05, 0) is 62.8 Å². The highest BCUT2D eigenvalue weighted by Crippen LogP contribution is 2.37. The highest BCUT2D eigenvalue weighted by atomic mass is 32.2. The molecule has 0 saturated heterocycles. The number of hydrogen-bond acceptors (Lipinski definition) is 5. The predicted octanol–water partition coefficient (Wildman–Crippen LogP) is 5.49. The first kappa shape index (κ1) is 23.7. The van der Waals surface area contributed by atoms with Crippen molar-refractivity contribution in [2.24, 2.45) is 5.92 Å². The van der Waals surface area contributed by atoms with Crippen LogP contribution in [-0.4, -0.2) is 35.7 Å². The molecule has 0 amide bonds. The Balaban J connectivity index is 1.74. The lowest BCUT2D eigenvalue weighted by molar-refractivity contribution is 0.0979. The van der Waals surface area contributed by atoms with Crippen molar-refractivity contribution < 1.29 is 17.5 Å². The average Bonchev–Trinajstić information content (AvgIpc) is 3.13. The van der Waals surface area contributed by atoms with E-state index in [4.69, 9.17) is 9.72 Å². The summed E-state index contributed by atoms with van der Waals surface area (Å²) in [7, 11) is -2.30. The molecular weight excluding hydrogens is 441 g/mol. The number of hydrogen-bond donors (Lipinski definition) is 0. The molecule has 1 fully saturated rings. The van der Waals surface area contributed by atoms with Gasteiger partial charge in [0, 0.05) is 24.2 Å². The fraction of sp³-hybridized carbons (Fsp3) is 0.520. The molecule has 1 saturated carbocycles. The molecule has 1 aliphatic carbocycles. The van der Waals surface area contributed by atoms with Gasteiger partial charge >= 0.3 is 0 Å². The number of alkyl halides is 1. The summed E-state index contributed by atoms with van der Waals surface area (Å²) in [4.78, 5) is 9.17. The fourth-order valence-electron chi connectivity index (χ4n) is 4.56. The third kappa shape index (κ3) is 4.76. The van der Waals surface area contributed by atoms with E-state index < -0.39 is 15.5 Å². The third-order valence-corrected chi connectivity index (χ3v) is 8.26. The molecule has 0 atom stereocenters. The summed E-state index contributed by atoms with van der Waals surface area (Å²) < 4.78 is 48.1. The van der Waals surface area contributed by atoms with Crippen LogP contribution in [0.2, 0.25) is 0 Å². The van der Waals surface area contributed by atoms with Crippen LogP contribution in [0.1, 0.15) is 59.2 Å². The highest BCUT2D eigenvalue weighted by Gasteiger charge is 2.32. The number of nitrogens with zero attached hydrogens (tertiary/aromatic N) is 3. The van der Waals surface area contributed by atoms with Crippen LogP contribution in [-0.2, 0) is 21.8 Å². The maximum atomic E-state index is 14.3.